The molecule has 3 rings (SSSR count). The summed E-state index contributed by atoms with van der Waals surface area (Å²) in [6.45, 7) is 4.52. The molecule has 0 unspecified atom stereocenters. The molecule has 2 heterocycles. The number of thiophene rings is 1. The van der Waals surface area contributed by atoms with Crippen molar-refractivity contribution in [1.82, 2.24) is 0 Å². The summed E-state index contributed by atoms with van der Waals surface area (Å²) in [5.41, 5.74) is 1.73. The van der Waals surface area contributed by atoms with E-state index in [0.29, 0.717) is 29.4 Å². The van der Waals surface area contributed by atoms with Crippen molar-refractivity contribution in [2.24, 2.45) is 0 Å². The third kappa shape index (κ3) is 2.23. The minimum atomic E-state index is -0.0733. The second kappa shape index (κ2) is 5.13. The van der Waals surface area contributed by atoms with E-state index in [0.717, 1.165) is 10.4 Å². The molecule has 3 nitrogen and oxygen atoms in total. The van der Waals surface area contributed by atoms with Crippen LogP contribution in [0.3, 0.4) is 0 Å². The molecule has 0 saturated heterocycles. The first-order valence-electron chi connectivity index (χ1n) is 6.44. The van der Waals surface area contributed by atoms with Crippen LogP contribution in [0.25, 0.3) is 6.08 Å². The highest BCUT2D eigenvalue weighted by molar-refractivity contribution is 7.11. The average molecular weight is 286 g/mol. The molecule has 0 N–H and O–H groups in total. The summed E-state index contributed by atoms with van der Waals surface area (Å²) in [5.74, 6) is 1.59. The first-order chi connectivity index (χ1) is 9.69. The molecular formula is C16H14O3S. The summed E-state index contributed by atoms with van der Waals surface area (Å²) >= 11 is 1.60. The Bertz CT molecular complexity index is 697. The first-order valence-corrected chi connectivity index (χ1v) is 7.32. The van der Waals surface area contributed by atoms with Gasteiger partial charge in [-0.2, -0.15) is 0 Å². The quantitative estimate of drug-likeness (QED) is 0.798. The summed E-state index contributed by atoms with van der Waals surface area (Å²) in [5, 5.41) is 2.00. The molecule has 0 aliphatic carbocycles. The third-order valence-electron chi connectivity index (χ3n) is 3.12. The van der Waals surface area contributed by atoms with Crippen LogP contribution in [0.15, 0.2) is 35.4 Å². The van der Waals surface area contributed by atoms with Crippen LogP contribution >= 0.6 is 11.3 Å². The molecular weight excluding hydrogens is 272 g/mol. The Labute approximate surface area is 121 Å². The summed E-state index contributed by atoms with van der Waals surface area (Å²) in [6, 6.07) is 7.34. The maximum atomic E-state index is 12.3. The van der Waals surface area contributed by atoms with Gasteiger partial charge >= 0.3 is 0 Å². The molecule has 1 aliphatic rings. The Kier molecular flexibility index (Phi) is 3.32. The molecule has 0 atom stereocenters. The fourth-order valence-electron chi connectivity index (χ4n) is 2.08. The zero-order valence-corrected chi connectivity index (χ0v) is 12.1. The van der Waals surface area contributed by atoms with Crippen LogP contribution < -0.4 is 9.47 Å². The Balaban J connectivity index is 1.94. The van der Waals surface area contributed by atoms with Crippen molar-refractivity contribution < 1.29 is 14.3 Å². The summed E-state index contributed by atoms with van der Waals surface area (Å²) in [6.07, 6.45) is 1.81. The van der Waals surface area contributed by atoms with Gasteiger partial charge in [0.25, 0.3) is 0 Å². The van der Waals surface area contributed by atoms with Gasteiger partial charge < -0.3 is 9.47 Å². The number of ether oxygens (including phenoxy) is 2. The van der Waals surface area contributed by atoms with Gasteiger partial charge in [-0.05, 0) is 43.0 Å². The topological polar surface area (TPSA) is 35.5 Å². The fourth-order valence-corrected chi connectivity index (χ4v) is 2.92. The van der Waals surface area contributed by atoms with Crippen LogP contribution in [0.1, 0.15) is 27.7 Å². The molecule has 1 aliphatic heterocycles. The minimum absolute atomic E-state index is 0.0733. The van der Waals surface area contributed by atoms with Crippen LogP contribution in [0, 0.1) is 6.92 Å². The number of hydrogen-bond donors (Lipinski definition) is 0. The normalized spacial score (nSPS) is 15.3. The van der Waals surface area contributed by atoms with E-state index < -0.39 is 0 Å². The Morgan fingerprint density at radius 3 is 2.90 bits per heavy atom. The maximum absolute atomic E-state index is 12.3. The lowest BCUT2D eigenvalue weighted by atomic mass is 10.1. The molecule has 1 aromatic carbocycles. The number of ketones is 1. The van der Waals surface area contributed by atoms with Gasteiger partial charge in [0.1, 0.15) is 11.5 Å². The molecule has 4 heteroatoms. The van der Waals surface area contributed by atoms with E-state index in [1.165, 1.54) is 0 Å². The number of fused-ring (bicyclic) bond motifs is 1. The number of allylic oxidation sites excluding steroid dienone is 1. The Morgan fingerprint density at radius 2 is 2.20 bits per heavy atom. The fraction of sp³-hybridized carbons (Fsp3) is 0.188. The summed E-state index contributed by atoms with van der Waals surface area (Å²) in [7, 11) is 0. The number of Topliss-reactive ketones (excluding diaryl/α,β-unsaturated/α-hetero) is 1. The second-order valence-electron chi connectivity index (χ2n) is 4.50. The minimum Gasteiger partial charge on any atom is -0.494 e. The van der Waals surface area contributed by atoms with Crippen molar-refractivity contribution in [3.63, 3.8) is 0 Å². The second-order valence-corrected chi connectivity index (χ2v) is 5.45. The van der Waals surface area contributed by atoms with E-state index in [4.69, 9.17) is 9.47 Å². The van der Waals surface area contributed by atoms with Crippen molar-refractivity contribution in [1.29, 1.82) is 0 Å². The van der Waals surface area contributed by atoms with Crippen molar-refractivity contribution >= 4 is 23.2 Å². The molecule has 0 amide bonds. The van der Waals surface area contributed by atoms with Crippen LogP contribution in [-0.4, -0.2) is 12.4 Å². The highest BCUT2D eigenvalue weighted by atomic mass is 32.1. The summed E-state index contributed by atoms with van der Waals surface area (Å²) < 4.78 is 11.1. The lowest BCUT2D eigenvalue weighted by molar-refractivity contribution is 0.101. The number of hydrogen-bond acceptors (Lipinski definition) is 4. The number of carbonyl (C=O) groups excluding carboxylic acids is 1. The largest absolute Gasteiger partial charge is 0.494 e. The van der Waals surface area contributed by atoms with Gasteiger partial charge in [-0.3, -0.25) is 4.79 Å². The lowest BCUT2D eigenvalue weighted by Gasteiger charge is -2.03. The van der Waals surface area contributed by atoms with E-state index in [1.54, 1.807) is 29.5 Å². The van der Waals surface area contributed by atoms with Crippen molar-refractivity contribution in [2.75, 3.05) is 6.61 Å². The van der Waals surface area contributed by atoms with Gasteiger partial charge in [-0.15, -0.1) is 11.3 Å². The monoisotopic (exact) mass is 286 g/mol. The first kappa shape index (κ1) is 12.9. The Hall–Kier alpha value is -2.07. The van der Waals surface area contributed by atoms with E-state index in [2.05, 4.69) is 0 Å². The maximum Gasteiger partial charge on any atom is 0.232 e. The van der Waals surface area contributed by atoms with Gasteiger partial charge in [0.05, 0.1) is 12.2 Å². The van der Waals surface area contributed by atoms with E-state index in [-0.39, 0.29) is 5.78 Å². The SMILES string of the molecule is CCOc1ccc2c(c1)O/C(=C\c1sccc1C)C2=O. The van der Waals surface area contributed by atoms with Crippen LogP contribution in [0.2, 0.25) is 0 Å². The van der Waals surface area contributed by atoms with Gasteiger partial charge in [0.15, 0.2) is 5.76 Å². The van der Waals surface area contributed by atoms with Gasteiger partial charge in [0, 0.05) is 17.0 Å². The molecule has 1 aromatic heterocycles. The van der Waals surface area contributed by atoms with E-state index in [9.17, 15) is 4.79 Å². The average Bonchev–Trinajstić information content (AvgIpc) is 2.96. The molecule has 0 radical (unpaired) electrons. The predicted molar refractivity (Wildman–Crippen MR) is 79.6 cm³/mol. The smallest absolute Gasteiger partial charge is 0.232 e. The molecule has 2 aromatic rings. The van der Waals surface area contributed by atoms with E-state index in [1.807, 2.05) is 31.4 Å². The standard InChI is InChI=1S/C16H14O3S/c1-3-18-11-4-5-12-13(8-11)19-14(16(12)17)9-15-10(2)6-7-20-15/h4-9H,3H2,1-2H3/b14-9-. The lowest BCUT2D eigenvalue weighted by Crippen LogP contribution is -1.97. The highest BCUT2D eigenvalue weighted by Crippen LogP contribution is 2.35. The van der Waals surface area contributed by atoms with Crippen LogP contribution in [0.4, 0.5) is 0 Å². The molecule has 0 saturated carbocycles. The number of aryl methyl sites for hydroxylation is 1. The number of benzene rings is 1. The van der Waals surface area contributed by atoms with Crippen LogP contribution in [-0.2, 0) is 0 Å². The molecule has 0 fully saturated rings. The van der Waals surface area contributed by atoms with Crippen LogP contribution in [0.5, 0.6) is 11.5 Å². The van der Waals surface area contributed by atoms with E-state index >= 15 is 0 Å². The third-order valence-corrected chi connectivity index (χ3v) is 4.08. The number of carbonyl (C=O) groups is 1. The predicted octanol–water partition coefficient (Wildman–Crippen LogP) is 4.07. The highest BCUT2D eigenvalue weighted by Gasteiger charge is 2.27. The van der Waals surface area contributed by atoms with Crippen molar-refractivity contribution in [3.05, 3.63) is 51.4 Å². The molecule has 102 valence electrons. The van der Waals surface area contributed by atoms with Gasteiger partial charge in [-0.1, -0.05) is 0 Å². The zero-order valence-electron chi connectivity index (χ0n) is 11.3. The van der Waals surface area contributed by atoms with Crippen molar-refractivity contribution in [2.45, 2.75) is 13.8 Å². The zero-order chi connectivity index (χ0) is 14.1. The Morgan fingerprint density at radius 1 is 1.35 bits per heavy atom. The molecule has 0 spiro atoms. The van der Waals surface area contributed by atoms with Gasteiger partial charge in [0.2, 0.25) is 5.78 Å². The van der Waals surface area contributed by atoms with Gasteiger partial charge in [-0.25, -0.2) is 0 Å². The molecule has 0 bridgehead atoms. The molecule has 20 heavy (non-hydrogen) atoms. The summed E-state index contributed by atoms with van der Waals surface area (Å²) in [4.78, 5) is 13.3. The number of rotatable bonds is 3. The van der Waals surface area contributed by atoms with Crippen molar-refractivity contribution in [3.8, 4) is 11.5 Å².